The van der Waals surface area contributed by atoms with Crippen LogP contribution in [-0.4, -0.2) is 19.1 Å². The van der Waals surface area contributed by atoms with Gasteiger partial charge in [0.1, 0.15) is 0 Å². The number of nitrogens with one attached hydrogen (secondary N) is 1. The number of hydrogen-bond acceptors (Lipinski definition) is 3. The molecule has 1 heterocycles. The average Bonchev–Trinajstić information content (AvgIpc) is 2.41. The van der Waals surface area contributed by atoms with Crippen molar-refractivity contribution in [3.8, 4) is 0 Å². The highest BCUT2D eigenvalue weighted by Crippen LogP contribution is 2.24. The first-order chi connectivity index (χ1) is 8.31. The molecule has 0 bridgehead atoms. The highest BCUT2D eigenvalue weighted by Gasteiger charge is 2.24. The molecule has 0 amide bonds. The molecule has 17 heavy (non-hydrogen) atoms. The first-order valence-corrected chi connectivity index (χ1v) is 6.29. The molecule has 0 saturated carbocycles. The molecule has 0 saturated heterocycles. The van der Waals surface area contributed by atoms with Crippen LogP contribution in [0.4, 0.5) is 5.69 Å². The van der Waals surface area contributed by atoms with E-state index in [0.29, 0.717) is 13.2 Å². The number of carbonyl (C=O) groups excluding carboxylic acids is 1. The predicted molar refractivity (Wildman–Crippen MR) is 72.2 cm³/mol. The van der Waals surface area contributed by atoms with Crippen LogP contribution in [0.2, 0.25) is 0 Å². The van der Waals surface area contributed by atoms with Crippen molar-refractivity contribution >= 4 is 11.7 Å². The summed E-state index contributed by atoms with van der Waals surface area (Å²) in [6, 6.07) is 8.08. The second-order valence-electron chi connectivity index (χ2n) is 3.69. The van der Waals surface area contributed by atoms with E-state index < -0.39 is 0 Å². The van der Waals surface area contributed by atoms with E-state index in [0.717, 1.165) is 12.1 Å². The van der Waals surface area contributed by atoms with Crippen LogP contribution in [0, 0.1) is 5.92 Å². The SMILES string of the molecule is CC.CCOC(=O)C1CNc2ccccc2C1.[HH]. The van der Waals surface area contributed by atoms with Crippen LogP contribution < -0.4 is 5.32 Å². The highest BCUT2D eigenvalue weighted by molar-refractivity contribution is 5.75. The van der Waals surface area contributed by atoms with E-state index in [1.54, 1.807) is 0 Å². The summed E-state index contributed by atoms with van der Waals surface area (Å²) in [5, 5.41) is 3.25. The molecule has 1 aliphatic heterocycles. The molecule has 1 N–H and O–H groups in total. The number of esters is 1. The van der Waals surface area contributed by atoms with Crippen molar-refractivity contribution in [2.24, 2.45) is 5.92 Å². The van der Waals surface area contributed by atoms with E-state index in [4.69, 9.17) is 4.74 Å². The van der Waals surface area contributed by atoms with Gasteiger partial charge in [-0.05, 0) is 25.0 Å². The van der Waals surface area contributed by atoms with Crippen LogP contribution in [0.5, 0.6) is 0 Å². The molecule has 0 aliphatic carbocycles. The Balaban J connectivity index is 0.000000917. The maximum atomic E-state index is 11.5. The van der Waals surface area contributed by atoms with E-state index in [9.17, 15) is 4.79 Å². The molecule has 1 aliphatic rings. The molecule has 2 rings (SSSR count). The minimum absolute atomic E-state index is 0. The molecule has 1 atom stereocenters. The van der Waals surface area contributed by atoms with Crippen LogP contribution in [0.3, 0.4) is 0 Å². The number of anilines is 1. The van der Waals surface area contributed by atoms with Gasteiger partial charge >= 0.3 is 5.97 Å². The summed E-state index contributed by atoms with van der Waals surface area (Å²) >= 11 is 0. The Kier molecular flexibility index (Phi) is 5.53. The van der Waals surface area contributed by atoms with Crippen molar-refractivity contribution in [1.29, 1.82) is 0 Å². The quantitative estimate of drug-likeness (QED) is 0.803. The summed E-state index contributed by atoms with van der Waals surface area (Å²) in [4.78, 5) is 11.5. The van der Waals surface area contributed by atoms with Crippen molar-refractivity contribution in [2.75, 3.05) is 18.5 Å². The summed E-state index contributed by atoms with van der Waals surface area (Å²) in [6.45, 7) is 6.97. The Morgan fingerprint density at radius 2 is 2.18 bits per heavy atom. The second kappa shape index (κ2) is 6.94. The lowest BCUT2D eigenvalue weighted by atomic mass is 9.94. The van der Waals surface area contributed by atoms with Gasteiger partial charge in [0.2, 0.25) is 0 Å². The Bertz CT molecular complexity index is 369. The minimum Gasteiger partial charge on any atom is -0.466 e. The van der Waals surface area contributed by atoms with Crippen LogP contribution in [0.15, 0.2) is 24.3 Å². The molecule has 3 heteroatoms. The topological polar surface area (TPSA) is 38.3 Å². The molecule has 96 valence electrons. The Morgan fingerprint density at radius 3 is 2.88 bits per heavy atom. The standard InChI is InChI=1S/C12H15NO2.C2H6.H2/c1-2-15-12(14)10-7-9-5-3-4-6-11(9)13-8-10;1-2;/h3-6,10,13H,2,7-8H2,1H3;1-2H3;1H. The second-order valence-corrected chi connectivity index (χ2v) is 3.69. The number of carbonyl (C=O) groups is 1. The molecule has 0 spiro atoms. The van der Waals surface area contributed by atoms with Crippen molar-refractivity contribution < 1.29 is 11.0 Å². The third-order valence-electron chi connectivity index (χ3n) is 2.64. The van der Waals surface area contributed by atoms with E-state index in [1.807, 2.05) is 45.0 Å². The van der Waals surface area contributed by atoms with E-state index >= 15 is 0 Å². The van der Waals surface area contributed by atoms with Gasteiger partial charge in [-0.3, -0.25) is 4.79 Å². The van der Waals surface area contributed by atoms with Crippen LogP contribution >= 0.6 is 0 Å². The molecule has 1 aromatic rings. The number of ether oxygens (including phenoxy) is 1. The summed E-state index contributed by atoms with van der Waals surface area (Å²) < 4.78 is 5.02. The molecule has 1 aromatic carbocycles. The molecule has 0 radical (unpaired) electrons. The zero-order valence-electron chi connectivity index (χ0n) is 10.8. The smallest absolute Gasteiger partial charge is 0.311 e. The summed E-state index contributed by atoms with van der Waals surface area (Å²) in [5.41, 5.74) is 2.33. The van der Waals surface area contributed by atoms with Crippen molar-refractivity contribution in [3.63, 3.8) is 0 Å². The van der Waals surface area contributed by atoms with Gasteiger partial charge in [-0.2, -0.15) is 0 Å². The van der Waals surface area contributed by atoms with Gasteiger partial charge in [0.05, 0.1) is 12.5 Å². The molecular weight excluding hydrogens is 214 g/mol. The Morgan fingerprint density at radius 1 is 1.47 bits per heavy atom. The van der Waals surface area contributed by atoms with Crippen LogP contribution in [-0.2, 0) is 16.0 Å². The summed E-state index contributed by atoms with van der Waals surface area (Å²) in [7, 11) is 0. The maximum Gasteiger partial charge on any atom is 0.311 e. The molecular formula is C14H23NO2. The minimum atomic E-state index is -0.0977. The fourth-order valence-corrected chi connectivity index (χ4v) is 1.87. The average molecular weight is 237 g/mol. The van der Waals surface area contributed by atoms with E-state index in [-0.39, 0.29) is 13.3 Å². The third-order valence-corrected chi connectivity index (χ3v) is 2.64. The van der Waals surface area contributed by atoms with E-state index in [1.165, 1.54) is 5.56 Å². The zero-order chi connectivity index (χ0) is 12.7. The van der Waals surface area contributed by atoms with Gasteiger partial charge in [0, 0.05) is 13.7 Å². The fourth-order valence-electron chi connectivity index (χ4n) is 1.87. The van der Waals surface area contributed by atoms with Gasteiger partial charge in [-0.15, -0.1) is 0 Å². The molecule has 0 aromatic heterocycles. The number of hydrogen-bond donors (Lipinski definition) is 1. The molecule has 0 fully saturated rings. The van der Waals surface area contributed by atoms with Gasteiger partial charge in [0.15, 0.2) is 0 Å². The third kappa shape index (κ3) is 3.48. The van der Waals surface area contributed by atoms with Crippen LogP contribution in [0.25, 0.3) is 0 Å². The van der Waals surface area contributed by atoms with Gasteiger partial charge < -0.3 is 10.1 Å². The number of para-hydroxylation sites is 1. The van der Waals surface area contributed by atoms with Crippen LogP contribution in [0.1, 0.15) is 27.8 Å². The number of benzene rings is 1. The normalized spacial score (nSPS) is 17.0. The largest absolute Gasteiger partial charge is 0.466 e. The van der Waals surface area contributed by atoms with Gasteiger partial charge in [-0.25, -0.2) is 0 Å². The fraction of sp³-hybridized carbons (Fsp3) is 0.500. The van der Waals surface area contributed by atoms with Crippen molar-refractivity contribution in [2.45, 2.75) is 27.2 Å². The van der Waals surface area contributed by atoms with Crippen molar-refractivity contribution in [1.82, 2.24) is 0 Å². The highest BCUT2D eigenvalue weighted by atomic mass is 16.5. The zero-order valence-corrected chi connectivity index (χ0v) is 10.8. The lowest BCUT2D eigenvalue weighted by Crippen LogP contribution is -2.31. The van der Waals surface area contributed by atoms with Gasteiger partial charge in [-0.1, -0.05) is 32.0 Å². The first-order valence-electron chi connectivity index (χ1n) is 6.29. The number of rotatable bonds is 2. The number of fused-ring (bicyclic) bond motifs is 1. The lowest BCUT2D eigenvalue weighted by Gasteiger charge is -2.24. The van der Waals surface area contributed by atoms with E-state index in [2.05, 4.69) is 5.32 Å². The van der Waals surface area contributed by atoms with Crippen molar-refractivity contribution in [3.05, 3.63) is 29.8 Å². The van der Waals surface area contributed by atoms with Gasteiger partial charge in [0.25, 0.3) is 0 Å². The lowest BCUT2D eigenvalue weighted by molar-refractivity contribution is -0.147. The Hall–Kier alpha value is -1.51. The summed E-state index contributed by atoms with van der Waals surface area (Å²) in [5.74, 6) is -0.139. The monoisotopic (exact) mass is 237 g/mol. The predicted octanol–water partition coefficient (Wildman–Crippen LogP) is 3.11. The Labute approximate surface area is 105 Å². The molecule has 3 nitrogen and oxygen atoms in total. The summed E-state index contributed by atoms with van der Waals surface area (Å²) in [6.07, 6.45) is 0.780. The maximum absolute atomic E-state index is 11.5. The first kappa shape index (κ1) is 13.6. The molecule has 1 unspecified atom stereocenters.